The Balaban J connectivity index is 1.71. The second-order valence-corrected chi connectivity index (χ2v) is 5.66. The molecule has 2 amide bonds. The van der Waals surface area contributed by atoms with E-state index in [-0.39, 0.29) is 18.4 Å². The Morgan fingerprint density at radius 3 is 2.32 bits per heavy atom. The highest BCUT2D eigenvalue weighted by molar-refractivity contribution is 5.85. The van der Waals surface area contributed by atoms with E-state index in [1.165, 1.54) is 10.6 Å². The largest absolute Gasteiger partial charge is 0.369 e. The quantitative estimate of drug-likeness (QED) is 0.833. The number of carbonyl (C=O) groups excluding carboxylic acids is 2. The van der Waals surface area contributed by atoms with Crippen molar-refractivity contribution in [3.05, 3.63) is 30.3 Å². The lowest BCUT2D eigenvalue weighted by molar-refractivity contribution is -0.131. The number of anilines is 1. The maximum absolute atomic E-state index is 11.9. The molecule has 0 aliphatic carbocycles. The molecule has 1 aliphatic heterocycles. The van der Waals surface area contributed by atoms with E-state index in [2.05, 4.69) is 27.2 Å². The predicted octanol–water partition coefficient (Wildman–Crippen LogP) is 0.0130. The van der Waals surface area contributed by atoms with Crippen molar-refractivity contribution in [3.63, 3.8) is 0 Å². The van der Waals surface area contributed by atoms with Crippen molar-refractivity contribution in [2.24, 2.45) is 0 Å². The highest BCUT2D eigenvalue weighted by atomic mass is 16.2. The van der Waals surface area contributed by atoms with Crippen LogP contribution in [0.1, 0.15) is 0 Å². The molecule has 0 aromatic heterocycles. The molecule has 0 radical (unpaired) electrons. The molecule has 1 heterocycles. The molecule has 0 saturated carbocycles. The molecule has 1 fully saturated rings. The molecular formula is C16H24N4O2. The van der Waals surface area contributed by atoms with Crippen LogP contribution in [0.4, 0.5) is 5.69 Å². The molecule has 120 valence electrons. The van der Waals surface area contributed by atoms with E-state index in [0.717, 1.165) is 26.2 Å². The first-order valence-corrected chi connectivity index (χ1v) is 7.55. The fourth-order valence-corrected chi connectivity index (χ4v) is 2.39. The number of benzene rings is 1. The number of hydrogen-bond donors (Lipinski definition) is 1. The van der Waals surface area contributed by atoms with Gasteiger partial charge in [0.1, 0.15) is 0 Å². The second-order valence-electron chi connectivity index (χ2n) is 5.66. The zero-order chi connectivity index (χ0) is 15.9. The number of amides is 2. The summed E-state index contributed by atoms with van der Waals surface area (Å²) in [7, 11) is 3.36. The van der Waals surface area contributed by atoms with Gasteiger partial charge >= 0.3 is 0 Å². The Morgan fingerprint density at radius 1 is 1.09 bits per heavy atom. The molecule has 0 bridgehead atoms. The summed E-state index contributed by atoms with van der Waals surface area (Å²) in [5, 5.41) is 2.67. The molecule has 1 N–H and O–H groups in total. The molecule has 2 rings (SSSR count). The van der Waals surface area contributed by atoms with Gasteiger partial charge in [0.05, 0.1) is 13.1 Å². The molecule has 1 aromatic rings. The van der Waals surface area contributed by atoms with Crippen molar-refractivity contribution in [2.45, 2.75) is 0 Å². The van der Waals surface area contributed by atoms with Crippen LogP contribution in [0.2, 0.25) is 0 Å². The summed E-state index contributed by atoms with van der Waals surface area (Å²) < 4.78 is 0. The van der Waals surface area contributed by atoms with Crippen molar-refractivity contribution < 1.29 is 9.59 Å². The summed E-state index contributed by atoms with van der Waals surface area (Å²) in [6.07, 6.45) is 0. The summed E-state index contributed by atoms with van der Waals surface area (Å²) in [6.45, 7) is 3.94. The van der Waals surface area contributed by atoms with E-state index >= 15 is 0 Å². The van der Waals surface area contributed by atoms with E-state index in [0.29, 0.717) is 6.54 Å². The van der Waals surface area contributed by atoms with Crippen molar-refractivity contribution in [1.82, 2.24) is 15.1 Å². The van der Waals surface area contributed by atoms with E-state index in [4.69, 9.17) is 0 Å². The average molecular weight is 304 g/mol. The molecule has 0 spiro atoms. The lowest BCUT2D eigenvalue weighted by Gasteiger charge is -2.35. The van der Waals surface area contributed by atoms with Gasteiger partial charge in [-0.2, -0.15) is 0 Å². The first-order chi connectivity index (χ1) is 10.6. The Labute approximate surface area is 131 Å². The third-order valence-electron chi connectivity index (χ3n) is 3.80. The first-order valence-electron chi connectivity index (χ1n) is 7.55. The van der Waals surface area contributed by atoms with Crippen molar-refractivity contribution in [2.75, 3.05) is 58.3 Å². The van der Waals surface area contributed by atoms with Crippen LogP contribution in [0, 0.1) is 0 Å². The van der Waals surface area contributed by atoms with Gasteiger partial charge in [-0.15, -0.1) is 0 Å². The highest BCUT2D eigenvalue weighted by Gasteiger charge is 2.19. The smallest absolute Gasteiger partial charge is 0.241 e. The summed E-state index contributed by atoms with van der Waals surface area (Å²) in [4.78, 5) is 29.2. The van der Waals surface area contributed by atoms with Crippen LogP contribution in [0.5, 0.6) is 0 Å². The molecule has 22 heavy (non-hydrogen) atoms. The number of carbonyl (C=O) groups is 2. The molecule has 1 aliphatic rings. The molecule has 0 unspecified atom stereocenters. The van der Waals surface area contributed by atoms with Crippen LogP contribution in [0.15, 0.2) is 30.3 Å². The molecular weight excluding hydrogens is 280 g/mol. The number of nitrogens with one attached hydrogen (secondary N) is 1. The van der Waals surface area contributed by atoms with Crippen molar-refractivity contribution >= 4 is 17.5 Å². The number of hydrogen-bond acceptors (Lipinski definition) is 4. The van der Waals surface area contributed by atoms with E-state index < -0.39 is 0 Å². The van der Waals surface area contributed by atoms with Crippen molar-refractivity contribution in [1.29, 1.82) is 0 Å². The number of likely N-dealkylation sites (N-methyl/N-ethyl adjacent to an activating group) is 1. The fraction of sp³-hybridized carbons (Fsp3) is 0.500. The summed E-state index contributed by atoms with van der Waals surface area (Å²) >= 11 is 0. The van der Waals surface area contributed by atoms with Gasteiger partial charge in [-0.3, -0.25) is 14.5 Å². The maximum Gasteiger partial charge on any atom is 0.241 e. The van der Waals surface area contributed by atoms with Gasteiger partial charge < -0.3 is 15.1 Å². The molecule has 0 atom stereocenters. The van der Waals surface area contributed by atoms with Crippen LogP contribution in [-0.4, -0.2) is 75.0 Å². The SMILES string of the molecule is CN(C)C(=O)CNC(=O)CN1CCN(c2ccccc2)CC1. The molecule has 1 saturated heterocycles. The van der Waals surface area contributed by atoms with Gasteiger partial charge in [0, 0.05) is 46.0 Å². The minimum absolute atomic E-state index is 0.0653. The zero-order valence-corrected chi connectivity index (χ0v) is 13.3. The number of piperazine rings is 1. The Kier molecular flexibility index (Phi) is 5.77. The van der Waals surface area contributed by atoms with Gasteiger partial charge in [-0.1, -0.05) is 18.2 Å². The monoisotopic (exact) mass is 304 g/mol. The lowest BCUT2D eigenvalue weighted by atomic mass is 10.2. The molecule has 6 heteroatoms. The minimum Gasteiger partial charge on any atom is -0.369 e. The minimum atomic E-state index is -0.0951. The van der Waals surface area contributed by atoms with Crippen LogP contribution in [0.25, 0.3) is 0 Å². The fourth-order valence-electron chi connectivity index (χ4n) is 2.39. The van der Waals surface area contributed by atoms with Crippen LogP contribution in [0.3, 0.4) is 0 Å². The predicted molar refractivity (Wildman–Crippen MR) is 86.8 cm³/mol. The van der Waals surface area contributed by atoms with Gasteiger partial charge in [-0.25, -0.2) is 0 Å². The third-order valence-corrected chi connectivity index (χ3v) is 3.80. The van der Waals surface area contributed by atoms with Gasteiger partial charge in [-0.05, 0) is 12.1 Å². The van der Waals surface area contributed by atoms with Crippen LogP contribution >= 0.6 is 0 Å². The number of rotatable bonds is 5. The van der Waals surface area contributed by atoms with Gasteiger partial charge in [0.2, 0.25) is 11.8 Å². The Morgan fingerprint density at radius 2 is 1.73 bits per heavy atom. The normalized spacial score (nSPS) is 15.5. The number of nitrogens with zero attached hydrogens (tertiary/aromatic N) is 3. The molecule has 6 nitrogen and oxygen atoms in total. The zero-order valence-electron chi connectivity index (χ0n) is 13.3. The topological polar surface area (TPSA) is 55.9 Å². The third kappa shape index (κ3) is 4.73. The first kappa shape index (κ1) is 16.3. The summed E-state index contributed by atoms with van der Waals surface area (Å²) in [5.41, 5.74) is 1.23. The maximum atomic E-state index is 11.9. The molecule has 1 aromatic carbocycles. The Bertz CT molecular complexity index is 496. The van der Waals surface area contributed by atoms with E-state index in [9.17, 15) is 9.59 Å². The van der Waals surface area contributed by atoms with Gasteiger partial charge in [0.25, 0.3) is 0 Å². The lowest BCUT2D eigenvalue weighted by Crippen LogP contribution is -2.50. The van der Waals surface area contributed by atoms with Crippen LogP contribution in [-0.2, 0) is 9.59 Å². The highest BCUT2D eigenvalue weighted by Crippen LogP contribution is 2.15. The average Bonchev–Trinajstić information content (AvgIpc) is 2.54. The van der Waals surface area contributed by atoms with Crippen molar-refractivity contribution in [3.8, 4) is 0 Å². The van der Waals surface area contributed by atoms with E-state index in [1.54, 1.807) is 14.1 Å². The standard InChI is InChI=1S/C16H24N4O2/c1-18(2)16(22)12-17-15(21)13-19-8-10-20(11-9-19)14-6-4-3-5-7-14/h3-7H,8-13H2,1-2H3,(H,17,21). The second kappa shape index (κ2) is 7.79. The van der Waals surface area contributed by atoms with E-state index in [1.807, 2.05) is 18.2 Å². The van der Waals surface area contributed by atoms with Gasteiger partial charge in [0.15, 0.2) is 0 Å². The summed E-state index contributed by atoms with van der Waals surface area (Å²) in [5.74, 6) is -0.189. The summed E-state index contributed by atoms with van der Waals surface area (Å²) in [6, 6.07) is 10.3. The number of para-hydroxylation sites is 1. The van der Waals surface area contributed by atoms with Crippen LogP contribution < -0.4 is 10.2 Å². The Hall–Kier alpha value is -2.08.